The number of nitrogens with zero attached hydrogens (tertiary/aromatic N) is 3. The van der Waals surface area contributed by atoms with Crippen LogP contribution in [0.5, 0.6) is 0 Å². The van der Waals surface area contributed by atoms with Gasteiger partial charge in [0.25, 0.3) is 0 Å². The topological polar surface area (TPSA) is 84.1 Å². The lowest BCUT2D eigenvalue weighted by Crippen LogP contribution is -2.45. The monoisotopic (exact) mass is 393 g/mol. The fourth-order valence-electron chi connectivity index (χ4n) is 3.03. The molecule has 1 aliphatic heterocycles. The Kier molecular flexibility index (Phi) is 6.51. The number of nitrogens with one attached hydrogen (secondary N) is 1. The van der Waals surface area contributed by atoms with Crippen LogP contribution < -0.4 is 11.1 Å². The minimum absolute atomic E-state index is 0.138. The SMILES string of the molecule is CN1CCNC(=O)C1.Cc1ccccc1-c1ccc(-c2cnc(N)cn2)c(F)c1. The number of carbonyl (C=O) groups is 1. The zero-order chi connectivity index (χ0) is 20.8. The Morgan fingerprint density at radius 2 is 1.90 bits per heavy atom. The van der Waals surface area contributed by atoms with Crippen LogP contribution in [0.2, 0.25) is 0 Å². The number of nitrogen functional groups attached to an aromatic ring is 1. The van der Waals surface area contributed by atoms with Gasteiger partial charge in [0, 0.05) is 18.7 Å². The number of piperazine rings is 1. The smallest absolute Gasteiger partial charge is 0.234 e. The van der Waals surface area contributed by atoms with Gasteiger partial charge in [0.2, 0.25) is 5.91 Å². The normalized spacial score (nSPS) is 14.0. The molecule has 7 heteroatoms. The lowest BCUT2D eigenvalue weighted by atomic mass is 9.98. The van der Waals surface area contributed by atoms with Crippen molar-refractivity contribution in [2.45, 2.75) is 6.92 Å². The molecule has 150 valence electrons. The number of rotatable bonds is 2. The van der Waals surface area contributed by atoms with Gasteiger partial charge in [0.15, 0.2) is 0 Å². The Hall–Kier alpha value is -3.32. The molecule has 2 aromatic carbocycles. The van der Waals surface area contributed by atoms with E-state index in [0.29, 0.717) is 23.6 Å². The van der Waals surface area contributed by atoms with E-state index in [2.05, 4.69) is 15.3 Å². The van der Waals surface area contributed by atoms with Gasteiger partial charge in [-0.3, -0.25) is 14.7 Å². The maximum Gasteiger partial charge on any atom is 0.234 e. The van der Waals surface area contributed by atoms with Crippen LogP contribution in [0.15, 0.2) is 54.9 Å². The first-order valence-corrected chi connectivity index (χ1v) is 9.32. The van der Waals surface area contributed by atoms with Crippen molar-refractivity contribution in [3.8, 4) is 22.4 Å². The molecule has 1 saturated heterocycles. The number of amides is 1. The van der Waals surface area contributed by atoms with Crippen LogP contribution in [0.3, 0.4) is 0 Å². The van der Waals surface area contributed by atoms with Gasteiger partial charge in [-0.2, -0.15) is 0 Å². The fourth-order valence-corrected chi connectivity index (χ4v) is 3.03. The summed E-state index contributed by atoms with van der Waals surface area (Å²) in [7, 11) is 1.94. The number of hydrogen-bond donors (Lipinski definition) is 2. The van der Waals surface area contributed by atoms with Gasteiger partial charge in [0.1, 0.15) is 11.6 Å². The lowest BCUT2D eigenvalue weighted by Gasteiger charge is -2.21. The van der Waals surface area contributed by atoms with E-state index in [1.165, 1.54) is 18.5 Å². The molecule has 0 unspecified atom stereocenters. The molecule has 3 aromatic rings. The fraction of sp³-hybridized carbons (Fsp3) is 0.227. The van der Waals surface area contributed by atoms with Crippen molar-refractivity contribution in [1.29, 1.82) is 0 Å². The van der Waals surface area contributed by atoms with Gasteiger partial charge < -0.3 is 11.1 Å². The standard InChI is InChI=1S/C17H14FN3.C5H10N2O/c1-11-4-2-3-5-13(11)12-6-7-14(15(18)8-12)16-9-21-17(19)10-20-16;1-7-3-2-6-5(8)4-7/h2-10H,1H3,(H2,19,21);2-4H2,1H3,(H,6,8). The average Bonchev–Trinajstić information content (AvgIpc) is 2.69. The Balaban J connectivity index is 0.000000252. The van der Waals surface area contributed by atoms with Crippen molar-refractivity contribution in [3.05, 3.63) is 66.2 Å². The summed E-state index contributed by atoms with van der Waals surface area (Å²) >= 11 is 0. The average molecular weight is 393 g/mol. The zero-order valence-corrected chi connectivity index (χ0v) is 16.5. The first-order valence-electron chi connectivity index (χ1n) is 9.32. The maximum atomic E-state index is 14.4. The van der Waals surface area contributed by atoms with Gasteiger partial charge in [-0.25, -0.2) is 9.37 Å². The van der Waals surface area contributed by atoms with Crippen LogP contribution in [0.4, 0.5) is 10.2 Å². The highest BCUT2D eigenvalue weighted by atomic mass is 19.1. The quantitative estimate of drug-likeness (QED) is 0.699. The summed E-state index contributed by atoms with van der Waals surface area (Å²) in [4.78, 5) is 20.6. The summed E-state index contributed by atoms with van der Waals surface area (Å²) in [6, 6.07) is 13.0. The molecule has 0 aliphatic carbocycles. The van der Waals surface area contributed by atoms with E-state index in [1.54, 1.807) is 6.07 Å². The molecule has 2 heterocycles. The molecule has 0 radical (unpaired) electrons. The number of benzene rings is 2. The van der Waals surface area contributed by atoms with E-state index < -0.39 is 0 Å². The number of carbonyl (C=O) groups excluding carboxylic acids is 1. The Labute approximate surface area is 169 Å². The molecule has 4 rings (SSSR count). The largest absolute Gasteiger partial charge is 0.382 e. The molecule has 1 aromatic heterocycles. The first kappa shape index (κ1) is 20.4. The second-order valence-corrected chi connectivity index (χ2v) is 6.92. The van der Waals surface area contributed by atoms with Gasteiger partial charge in [-0.05, 0) is 42.8 Å². The third-order valence-electron chi connectivity index (χ3n) is 4.60. The molecule has 0 spiro atoms. The molecule has 0 atom stereocenters. The number of aromatic nitrogens is 2. The van der Waals surface area contributed by atoms with Gasteiger partial charge in [-0.15, -0.1) is 0 Å². The molecule has 6 nitrogen and oxygen atoms in total. The summed E-state index contributed by atoms with van der Waals surface area (Å²) in [5.41, 5.74) is 9.35. The molecule has 0 saturated carbocycles. The third kappa shape index (κ3) is 5.36. The van der Waals surface area contributed by atoms with E-state index in [-0.39, 0.29) is 11.7 Å². The predicted octanol–water partition coefficient (Wildman–Crippen LogP) is 2.89. The van der Waals surface area contributed by atoms with Crippen molar-refractivity contribution in [1.82, 2.24) is 20.2 Å². The summed E-state index contributed by atoms with van der Waals surface area (Å²) in [5, 5.41) is 2.73. The summed E-state index contributed by atoms with van der Waals surface area (Å²) in [5.74, 6) is 0.129. The van der Waals surface area contributed by atoms with Crippen molar-refractivity contribution in [3.63, 3.8) is 0 Å². The van der Waals surface area contributed by atoms with E-state index in [9.17, 15) is 9.18 Å². The Bertz CT molecular complexity index is 991. The molecule has 1 amide bonds. The number of nitrogens with two attached hydrogens (primary N) is 1. The summed E-state index contributed by atoms with van der Waals surface area (Å²) in [6.45, 7) is 4.34. The van der Waals surface area contributed by atoms with E-state index >= 15 is 0 Å². The number of hydrogen-bond acceptors (Lipinski definition) is 5. The number of aryl methyl sites for hydroxylation is 1. The second kappa shape index (κ2) is 9.25. The second-order valence-electron chi connectivity index (χ2n) is 6.92. The molecule has 0 bridgehead atoms. The third-order valence-corrected chi connectivity index (χ3v) is 4.60. The molecular formula is C22H24FN5O. The molecule has 29 heavy (non-hydrogen) atoms. The van der Waals surface area contributed by atoms with Crippen LogP contribution in [0, 0.1) is 12.7 Å². The van der Waals surface area contributed by atoms with E-state index in [4.69, 9.17) is 5.73 Å². The lowest BCUT2D eigenvalue weighted by molar-refractivity contribution is -0.123. The molecule has 1 fully saturated rings. The van der Waals surface area contributed by atoms with Crippen molar-refractivity contribution in [2.75, 3.05) is 32.4 Å². The zero-order valence-electron chi connectivity index (χ0n) is 16.5. The summed E-state index contributed by atoms with van der Waals surface area (Å²) < 4.78 is 14.4. The highest BCUT2D eigenvalue weighted by molar-refractivity contribution is 5.78. The van der Waals surface area contributed by atoms with Crippen molar-refractivity contribution < 1.29 is 9.18 Å². The molecular weight excluding hydrogens is 369 g/mol. The molecule has 3 N–H and O–H groups in total. The predicted molar refractivity (Wildman–Crippen MR) is 113 cm³/mol. The minimum atomic E-state index is -0.324. The van der Waals surface area contributed by atoms with Crippen molar-refractivity contribution in [2.24, 2.45) is 0 Å². The van der Waals surface area contributed by atoms with Crippen LogP contribution in [-0.4, -0.2) is 47.5 Å². The minimum Gasteiger partial charge on any atom is -0.382 e. The van der Waals surface area contributed by atoms with Gasteiger partial charge in [-0.1, -0.05) is 30.3 Å². The summed E-state index contributed by atoms with van der Waals surface area (Å²) in [6.07, 6.45) is 2.89. The Morgan fingerprint density at radius 3 is 2.48 bits per heavy atom. The Morgan fingerprint density at radius 1 is 1.10 bits per heavy atom. The van der Waals surface area contributed by atoms with Crippen LogP contribution in [-0.2, 0) is 4.79 Å². The van der Waals surface area contributed by atoms with Gasteiger partial charge in [0.05, 0.1) is 24.6 Å². The number of anilines is 1. The van der Waals surface area contributed by atoms with Crippen LogP contribution in [0.25, 0.3) is 22.4 Å². The maximum absolute atomic E-state index is 14.4. The number of likely N-dealkylation sites (N-methyl/N-ethyl adjacent to an activating group) is 1. The first-order chi connectivity index (χ1) is 13.9. The molecule has 1 aliphatic rings. The van der Waals surface area contributed by atoms with Crippen LogP contribution >= 0.6 is 0 Å². The number of halogens is 1. The highest BCUT2D eigenvalue weighted by Gasteiger charge is 2.11. The van der Waals surface area contributed by atoms with E-state index in [1.807, 2.05) is 49.2 Å². The highest BCUT2D eigenvalue weighted by Crippen LogP contribution is 2.28. The van der Waals surface area contributed by atoms with Gasteiger partial charge >= 0.3 is 0 Å². The van der Waals surface area contributed by atoms with Crippen LogP contribution in [0.1, 0.15) is 5.56 Å². The van der Waals surface area contributed by atoms with E-state index in [0.717, 1.165) is 29.8 Å². The van der Waals surface area contributed by atoms with Crippen molar-refractivity contribution >= 4 is 11.7 Å².